The van der Waals surface area contributed by atoms with Crippen molar-refractivity contribution in [2.75, 3.05) is 0 Å². The summed E-state index contributed by atoms with van der Waals surface area (Å²) in [6, 6.07) is 0. The number of allylic oxidation sites excluding steroid dienone is 1. The molecule has 0 nitrogen and oxygen atoms in total. The summed E-state index contributed by atoms with van der Waals surface area (Å²) in [7, 11) is 0. The van der Waals surface area contributed by atoms with Crippen LogP contribution < -0.4 is 0 Å². The summed E-state index contributed by atoms with van der Waals surface area (Å²) in [5.41, 5.74) is 0. The Hall–Kier alpha value is 0.610. The smallest absolute Gasteiger partial charge is 0.104 e. The molecule has 0 aromatic carbocycles. The van der Waals surface area contributed by atoms with Gasteiger partial charge in [0.15, 0.2) is 0 Å². The number of unbranched alkanes of at least 4 members (excludes halogenated alkanes) is 1. The topological polar surface area (TPSA) is 0 Å². The Morgan fingerprint density at radius 3 is 2.50 bits per heavy atom. The summed E-state index contributed by atoms with van der Waals surface area (Å²) in [4.78, 5) is 0. The number of halogens is 3. The zero-order chi connectivity index (χ0) is 7.98. The van der Waals surface area contributed by atoms with E-state index in [1.54, 1.807) is 6.08 Å². The minimum atomic E-state index is -0.00931. The molecule has 0 aromatic rings. The molecule has 60 valence electrons. The van der Waals surface area contributed by atoms with Crippen LogP contribution in [0.3, 0.4) is 0 Å². The quantitative estimate of drug-likeness (QED) is 0.601. The second-order valence-corrected chi connectivity index (χ2v) is 3.68. The summed E-state index contributed by atoms with van der Waals surface area (Å²) in [6.45, 7) is 2.12. The van der Waals surface area contributed by atoms with Crippen LogP contribution in [-0.2, 0) is 0 Å². The van der Waals surface area contributed by atoms with Crippen LogP contribution in [0.4, 0.5) is 0 Å². The number of alkyl halides is 1. The Kier molecular flexibility index (Phi) is 6.71. The highest BCUT2D eigenvalue weighted by Gasteiger charge is 1.99. The number of hydrogen-bond acceptors (Lipinski definition) is 0. The maximum Gasteiger partial charge on any atom is 0.104 e. The van der Waals surface area contributed by atoms with Crippen LogP contribution in [0.1, 0.15) is 26.2 Å². The van der Waals surface area contributed by atoms with Crippen LogP contribution in [0, 0.1) is 0 Å². The molecule has 0 radical (unpaired) electrons. The molecule has 0 aliphatic rings. The molecule has 0 spiro atoms. The van der Waals surface area contributed by atoms with Gasteiger partial charge in [-0.3, -0.25) is 0 Å². The zero-order valence-corrected chi connectivity index (χ0v) is 8.18. The summed E-state index contributed by atoms with van der Waals surface area (Å²) < 4.78 is 0.260. The van der Waals surface area contributed by atoms with E-state index in [2.05, 4.69) is 6.92 Å². The highest BCUT2D eigenvalue weighted by molar-refractivity contribution is 6.56. The van der Waals surface area contributed by atoms with Crippen molar-refractivity contribution in [2.24, 2.45) is 0 Å². The minimum absolute atomic E-state index is 0.00931. The Morgan fingerprint density at radius 2 is 2.10 bits per heavy atom. The fourth-order valence-electron chi connectivity index (χ4n) is 0.619. The molecule has 0 heterocycles. The Bertz CT molecular complexity index is 105. The third kappa shape index (κ3) is 6.73. The summed E-state index contributed by atoms with van der Waals surface area (Å²) in [5.74, 6) is 0. The summed E-state index contributed by atoms with van der Waals surface area (Å²) in [5, 5.41) is -0.00931. The average Bonchev–Trinajstić information content (AvgIpc) is 1.82. The molecule has 3 heteroatoms. The van der Waals surface area contributed by atoms with Crippen LogP contribution >= 0.6 is 34.8 Å². The molecular formula is C7H11Cl3. The van der Waals surface area contributed by atoms with E-state index in [4.69, 9.17) is 34.8 Å². The van der Waals surface area contributed by atoms with Gasteiger partial charge in [0.05, 0.1) is 5.38 Å². The van der Waals surface area contributed by atoms with Crippen LogP contribution in [0.5, 0.6) is 0 Å². The summed E-state index contributed by atoms with van der Waals surface area (Å²) in [6.07, 6.45) is 4.87. The fourth-order valence-corrected chi connectivity index (χ4v) is 1.33. The lowest BCUT2D eigenvalue weighted by atomic mass is 10.2. The molecular weight excluding hydrogens is 190 g/mol. The molecule has 0 N–H and O–H groups in total. The monoisotopic (exact) mass is 200 g/mol. The minimum Gasteiger partial charge on any atom is -0.118 e. The van der Waals surface area contributed by atoms with Crippen molar-refractivity contribution in [3.8, 4) is 0 Å². The maximum absolute atomic E-state index is 5.81. The van der Waals surface area contributed by atoms with E-state index in [1.807, 2.05) is 0 Å². The van der Waals surface area contributed by atoms with Crippen LogP contribution in [0.2, 0.25) is 0 Å². The first kappa shape index (κ1) is 10.6. The van der Waals surface area contributed by atoms with Gasteiger partial charge in [-0.25, -0.2) is 0 Å². The molecule has 0 saturated carbocycles. The van der Waals surface area contributed by atoms with Crippen molar-refractivity contribution < 1.29 is 0 Å². The second-order valence-electron chi connectivity index (χ2n) is 2.11. The van der Waals surface area contributed by atoms with E-state index in [-0.39, 0.29) is 9.87 Å². The molecule has 10 heavy (non-hydrogen) atoms. The molecule has 1 unspecified atom stereocenters. The Labute approximate surface area is 77.1 Å². The van der Waals surface area contributed by atoms with Crippen molar-refractivity contribution in [1.29, 1.82) is 0 Å². The van der Waals surface area contributed by atoms with E-state index < -0.39 is 0 Å². The number of rotatable bonds is 4. The van der Waals surface area contributed by atoms with Gasteiger partial charge in [0, 0.05) is 0 Å². The lowest BCUT2D eigenvalue weighted by Gasteiger charge is -2.00. The van der Waals surface area contributed by atoms with Gasteiger partial charge in [-0.15, -0.1) is 11.6 Å². The normalized spacial score (nSPS) is 12.8. The fraction of sp³-hybridized carbons (Fsp3) is 0.714. The molecule has 0 bridgehead atoms. The van der Waals surface area contributed by atoms with Gasteiger partial charge in [0.2, 0.25) is 0 Å². The van der Waals surface area contributed by atoms with E-state index in [0.717, 1.165) is 19.3 Å². The van der Waals surface area contributed by atoms with Gasteiger partial charge in [0.25, 0.3) is 0 Å². The average molecular weight is 202 g/mol. The lowest BCUT2D eigenvalue weighted by Crippen LogP contribution is -1.92. The SMILES string of the molecule is CCCCC(Cl)C=C(Cl)Cl. The van der Waals surface area contributed by atoms with E-state index in [0.29, 0.717) is 0 Å². The third-order valence-corrected chi connectivity index (χ3v) is 1.74. The largest absolute Gasteiger partial charge is 0.118 e. The van der Waals surface area contributed by atoms with Gasteiger partial charge < -0.3 is 0 Å². The molecule has 0 fully saturated rings. The highest BCUT2D eigenvalue weighted by atomic mass is 35.5. The van der Waals surface area contributed by atoms with Crippen molar-refractivity contribution >= 4 is 34.8 Å². The molecule has 1 atom stereocenters. The standard InChI is InChI=1S/C7H11Cl3/c1-2-3-4-6(8)5-7(9)10/h5-6H,2-4H2,1H3. The molecule has 0 aliphatic carbocycles. The predicted molar refractivity (Wildman–Crippen MR) is 49.0 cm³/mol. The second kappa shape index (κ2) is 6.33. The molecule has 0 aliphatic heterocycles. The van der Waals surface area contributed by atoms with Crippen LogP contribution in [-0.4, -0.2) is 5.38 Å². The van der Waals surface area contributed by atoms with E-state index >= 15 is 0 Å². The number of hydrogen-bond donors (Lipinski definition) is 0. The van der Waals surface area contributed by atoms with Gasteiger partial charge >= 0.3 is 0 Å². The van der Waals surface area contributed by atoms with Crippen LogP contribution in [0.25, 0.3) is 0 Å². The lowest BCUT2D eigenvalue weighted by molar-refractivity contribution is 0.734. The third-order valence-electron chi connectivity index (χ3n) is 1.14. The highest BCUT2D eigenvalue weighted by Crippen LogP contribution is 2.15. The van der Waals surface area contributed by atoms with Gasteiger partial charge in [-0.1, -0.05) is 43.0 Å². The van der Waals surface area contributed by atoms with Gasteiger partial charge in [0.1, 0.15) is 4.49 Å². The van der Waals surface area contributed by atoms with Crippen molar-refractivity contribution in [1.82, 2.24) is 0 Å². The zero-order valence-electron chi connectivity index (χ0n) is 5.91. The molecule has 0 rings (SSSR count). The summed E-state index contributed by atoms with van der Waals surface area (Å²) >= 11 is 16.6. The van der Waals surface area contributed by atoms with Gasteiger partial charge in [-0.05, 0) is 12.5 Å². The van der Waals surface area contributed by atoms with E-state index in [1.165, 1.54) is 0 Å². The first-order valence-electron chi connectivity index (χ1n) is 3.33. The van der Waals surface area contributed by atoms with Crippen LogP contribution in [0.15, 0.2) is 10.6 Å². The Morgan fingerprint density at radius 1 is 1.50 bits per heavy atom. The van der Waals surface area contributed by atoms with Crippen molar-refractivity contribution in [3.05, 3.63) is 10.6 Å². The first-order valence-corrected chi connectivity index (χ1v) is 4.53. The van der Waals surface area contributed by atoms with Gasteiger partial charge in [-0.2, -0.15) is 0 Å². The first-order chi connectivity index (χ1) is 4.66. The molecule has 0 amide bonds. The maximum atomic E-state index is 5.81. The molecule has 0 aromatic heterocycles. The van der Waals surface area contributed by atoms with E-state index in [9.17, 15) is 0 Å². The predicted octanol–water partition coefficient (Wildman–Crippen LogP) is 4.10. The van der Waals surface area contributed by atoms with Crippen molar-refractivity contribution in [3.63, 3.8) is 0 Å². The Balaban J connectivity index is 3.43. The molecule has 0 saturated heterocycles. The van der Waals surface area contributed by atoms with Crippen molar-refractivity contribution in [2.45, 2.75) is 31.6 Å².